The highest BCUT2D eigenvalue weighted by molar-refractivity contribution is 6.09. The molecule has 0 aliphatic heterocycles. The Hall–Kier alpha value is -6.10. The van der Waals surface area contributed by atoms with E-state index < -0.39 is 0 Å². The van der Waals surface area contributed by atoms with Crippen LogP contribution in [-0.4, -0.2) is 21.6 Å². The molecule has 0 saturated heterocycles. The molecular weight excluding hydrogens is 514 g/mol. The van der Waals surface area contributed by atoms with Crippen LogP contribution in [0.15, 0.2) is 108 Å². The largest absolute Gasteiger partial charge is 0.322 e. The molecule has 9 heteroatoms. The van der Waals surface area contributed by atoms with E-state index in [0.717, 1.165) is 16.7 Å². The summed E-state index contributed by atoms with van der Waals surface area (Å²) in [4.78, 5) is 28.7. The van der Waals surface area contributed by atoms with Crippen molar-refractivity contribution >= 4 is 29.0 Å². The number of terminal acetylenes is 1. The van der Waals surface area contributed by atoms with Crippen molar-refractivity contribution in [2.45, 2.75) is 0 Å². The summed E-state index contributed by atoms with van der Waals surface area (Å²) in [7, 11) is 1.74. The van der Waals surface area contributed by atoms with E-state index in [1.54, 1.807) is 78.5 Å². The third-order valence-corrected chi connectivity index (χ3v) is 6.36. The summed E-state index contributed by atoms with van der Waals surface area (Å²) in [6, 6.07) is 30.2. The monoisotopic (exact) mass is 537 g/mol. The minimum atomic E-state index is -0.290. The van der Waals surface area contributed by atoms with E-state index in [9.17, 15) is 9.59 Å². The number of azide groups is 1. The van der Waals surface area contributed by atoms with E-state index in [4.69, 9.17) is 12.0 Å². The first-order valence-corrected chi connectivity index (χ1v) is 12.5. The molecule has 2 amide bonds. The van der Waals surface area contributed by atoms with Crippen molar-refractivity contribution in [2.75, 3.05) is 10.6 Å². The number of anilines is 2. The average molecular weight is 538 g/mol. The van der Waals surface area contributed by atoms with Crippen LogP contribution in [0.25, 0.3) is 32.8 Å². The van der Waals surface area contributed by atoms with E-state index >= 15 is 0 Å². The van der Waals surface area contributed by atoms with Crippen LogP contribution in [0.3, 0.4) is 0 Å². The molecule has 5 rings (SSSR count). The molecule has 0 fully saturated rings. The molecule has 0 spiro atoms. The maximum Gasteiger partial charge on any atom is 0.256 e. The zero-order valence-corrected chi connectivity index (χ0v) is 21.9. The normalized spacial score (nSPS) is 10.2. The topological polar surface area (TPSA) is 125 Å². The summed E-state index contributed by atoms with van der Waals surface area (Å²) >= 11 is 0. The Balaban J connectivity index is 1.29. The Morgan fingerprint density at radius 2 is 1.61 bits per heavy atom. The van der Waals surface area contributed by atoms with Gasteiger partial charge in [-0.15, -0.1) is 6.42 Å². The number of hydrogen-bond acceptors (Lipinski definition) is 4. The minimum Gasteiger partial charge on any atom is -0.322 e. The van der Waals surface area contributed by atoms with Crippen LogP contribution in [0.4, 0.5) is 17.2 Å². The van der Waals surface area contributed by atoms with Crippen molar-refractivity contribution in [3.63, 3.8) is 0 Å². The molecule has 1 aromatic heterocycles. The number of benzene rings is 4. The van der Waals surface area contributed by atoms with Crippen LogP contribution in [0, 0.1) is 12.3 Å². The fourth-order valence-corrected chi connectivity index (χ4v) is 4.28. The summed E-state index contributed by atoms with van der Waals surface area (Å²) in [5.74, 6) is 2.50. The molecule has 0 unspecified atom stereocenters. The van der Waals surface area contributed by atoms with Crippen molar-refractivity contribution in [1.29, 1.82) is 0 Å². The Morgan fingerprint density at radius 3 is 2.34 bits per heavy atom. The molecule has 41 heavy (non-hydrogen) atoms. The van der Waals surface area contributed by atoms with Gasteiger partial charge in [-0.25, -0.2) is 0 Å². The first-order chi connectivity index (χ1) is 19.9. The van der Waals surface area contributed by atoms with Gasteiger partial charge in [-0.2, -0.15) is 5.10 Å². The average Bonchev–Trinajstić information content (AvgIpc) is 3.37. The Bertz CT molecular complexity index is 1840. The smallest absolute Gasteiger partial charge is 0.256 e. The number of carbonyl (C=O) groups excluding carboxylic acids is 2. The van der Waals surface area contributed by atoms with Gasteiger partial charge in [-0.3, -0.25) is 14.3 Å². The Labute approximate surface area is 236 Å². The van der Waals surface area contributed by atoms with E-state index in [1.807, 2.05) is 36.4 Å². The quantitative estimate of drug-likeness (QED) is 0.0988. The SMILES string of the molecule is C#Cc1cccc(C(=O)Nc2cc(-c3ccc(NC(=O)c4ccccc4-c4ccc(N=[N+]=[N-])cc4)cc3)nn2C)c1. The molecule has 5 aromatic rings. The predicted molar refractivity (Wildman–Crippen MR) is 160 cm³/mol. The van der Waals surface area contributed by atoms with E-state index in [2.05, 4.69) is 31.7 Å². The molecule has 0 radical (unpaired) electrons. The summed E-state index contributed by atoms with van der Waals surface area (Å²) < 4.78 is 1.59. The maximum absolute atomic E-state index is 13.2. The Kier molecular flexibility index (Phi) is 7.59. The lowest BCUT2D eigenvalue weighted by Gasteiger charge is -2.11. The molecule has 0 aliphatic rings. The number of nitrogens with zero attached hydrogens (tertiary/aromatic N) is 5. The van der Waals surface area contributed by atoms with Crippen LogP contribution < -0.4 is 10.6 Å². The fourth-order valence-electron chi connectivity index (χ4n) is 4.28. The first-order valence-electron chi connectivity index (χ1n) is 12.5. The van der Waals surface area contributed by atoms with Gasteiger partial charge in [-0.1, -0.05) is 71.7 Å². The molecule has 0 aliphatic carbocycles. The molecule has 0 atom stereocenters. The first kappa shape index (κ1) is 26.5. The number of amides is 2. The maximum atomic E-state index is 13.2. The zero-order chi connectivity index (χ0) is 28.8. The second-order valence-electron chi connectivity index (χ2n) is 9.03. The highest BCUT2D eigenvalue weighted by Crippen LogP contribution is 2.28. The van der Waals surface area contributed by atoms with Crippen LogP contribution >= 0.6 is 0 Å². The lowest BCUT2D eigenvalue weighted by atomic mass is 9.99. The lowest BCUT2D eigenvalue weighted by Crippen LogP contribution is -2.14. The molecule has 4 aromatic carbocycles. The van der Waals surface area contributed by atoms with Gasteiger partial charge in [-0.05, 0) is 53.1 Å². The predicted octanol–water partition coefficient (Wildman–Crippen LogP) is 7.18. The lowest BCUT2D eigenvalue weighted by molar-refractivity contribution is 0.101. The fraction of sp³-hybridized carbons (Fsp3) is 0.0312. The van der Waals surface area contributed by atoms with Crippen LogP contribution in [-0.2, 0) is 7.05 Å². The van der Waals surface area contributed by atoms with Crippen LogP contribution in [0.2, 0.25) is 0 Å². The highest BCUT2D eigenvalue weighted by Gasteiger charge is 2.15. The number of aromatic nitrogens is 2. The summed E-state index contributed by atoms with van der Waals surface area (Å²) in [6.45, 7) is 0. The van der Waals surface area contributed by atoms with Crippen LogP contribution in [0.1, 0.15) is 26.3 Å². The number of aryl methyl sites for hydroxylation is 1. The van der Waals surface area contributed by atoms with Gasteiger partial charge in [0.1, 0.15) is 5.82 Å². The van der Waals surface area contributed by atoms with Gasteiger partial charge in [0.2, 0.25) is 0 Å². The van der Waals surface area contributed by atoms with Gasteiger partial charge in [0.25, 0.3) is 11.8 Å². The molecule has 2 N–H and O–H groups in total. The van der Waals surface area contributed by atoms with Gasteiger partial charge in [0.15, 0.2) is 0 Å². The van der Waals surface area contributed by atoms with Crippen molar-refractivity contribution < 1.29 is 9.59 Å². The van der Waals surface area contributed by atoms with Crippen molar-refractivity contribution in [1.82, 2.24) is 9.78 Å². The molecule has 0 bridgehead atoms. The summed E-state index contributed by atoms with van der Waals surface area (Å²) in [6.07, 6.45) is 5.44. The van der Waals surface area contributed by atoms with Gasteiger partial charge >= 0.3 is 0 Å². The number of rotatable bonds is 7. The zero-order valence-electron chi connectivity index (χ0n) is 21.9. The van der Waals surface area contributed by atoms with Gasteiger partial charge < -0.3 is 10.6 Å². The highest BCUT2D eigenvalue weighted by atomic mass is 16.2. The van der Waals surface area contributed by atoms with Gasteiger partial charge in [0.05, 0.1) is 5.69 Å². The molecule has 198 valence electrons. The minimum absolute atomic E-state index is 0.260. The van der Waals surface area contributed by atoms with Crippen molar-refractivity contribution in [2.24, 2.45) is 12.2 Å². The third-order valence-electron chi connectivity index (χ3n) is 6.36. The molecular formula is C32H23N7O2. The van der Waals surface area contributed by atoms with Gasteiger partial charge in [0, 0.05) is 51.7 Å². The number of carbonyl (C=O) groups is 2. The number of hydrogen-bond donors (Lipinski definition) is 2. The molecule has 0 saturated carbocycles. The van der Waals surface area contributed by atoms with Crippen molar-refractivity contribution in [3.05, 3.63) is 130 Å². The summed E-state index contributed by atoms with van der Waals surface area (Å²) in [5, 5.41) is 13.9. The second kappa shape index (κ2) is 11.7. The van der Waals surface area contributed by atoms with E-state index in [1.165, 1.54) is 0 Å². The second-order valence-corrected chi connectivity index (χ2v) is 9.03. The molecule has 1 heterocycles. The Morgan fingerprint density at radius 1 is 0.878 bits per heavy atom. The van der Waals surface area contributed by atoms with Crippen LogP contribution in [0.5, 0.6) is 0 Å². The summed E-state index contributed by atoms with van der Waals surface area (Å²) in [5.41, 5.74) is 14.4. The standard InChI is InChI=1S/C32H23N7O2/c1-3-21-7-6-8-24(19-21)31(40)35-30-20-29(37-39(30)2)23-13-15-25(16-14-23)34-32(41)28-10-5-4-9-27(28)22-11-17-26(18-12-22)36-38-33/h1,4-20H,2H3,(H,34,41)(H,35,40). The van der Waals surface area contributed by atoms with E-state index in [0.29, 0.717) is 39.6 Å². The van der Waals surface area contributed by atoms with E-state index in [-0.39, 0.29) is 11.8 Å². The third kappa shape index (κ3) is 5.99. The van der Waals surface area contributed by atoms with Crippen molar-refractivity contribution in [3.8, 4) is 34.7 Å². The number of nitrogens with one attached hydrogen (secondary N) is 2. The molecule has 9 nitrogen and oxygen atoms in total.